The van der Waals surface area contributed by atoms with Crippen LogP contribution in [-0.4, -0.2) is 38.6 Å². The molecular weight excluding hydrogens is 394 g/mol. The first-order valence-corrected chi connectivity index (χ1v) is 11.2. The fourth-order valence-corrected chi connectivity index (χ4v) is 3.61. The summed E-state index contributed by atoms with van der Waals surface area (Å²) in [6, 6.07) is 13.2. The Bertz CT molecular complexity index is 961. The monoisotopic (exact) mass is 419 g/mol. The van der Waals surface area contributed by atoms with E-state index in [0.717, 1.165) is 30.7 Å². The lowest BCUT2D eigenvalue weighted by Crippen LogP contribution is -2.33. The number of nitrogens with one attached hydrogen (secondary N) is 2. The standard InChI is InChI=1S/C20H25N3O5S/c1-3-7-17(15-8-5-4-6-9-15)20(24)22-13-12-21-18-11-10-16(29(2,27)28)14-19(18)23(25)26/h4-6,8-11,14,17,21H,3,7,12-13H2,1-2H3,(H,22,24). The number of rotatable bonds is 10. The minimum Gasteiger partial charge on any atom is -0.378 e. The average Bonchev–Trinajstić information content (AvgIpc) is 2.69. The SMILES string of the molecule is CCCC(C(=O)NCCNc1ccc(S(C)(=O)=O)cc1[N+](=O)[O-])c1ccccc1. The topological polar surface area (TPSA) is 118 Å². The molecule has 2 aromatic carbocycles. The van der Waals surface area contributed by atoms with Crippen molar-refractivity contribution in [3.63, 3.8) is 0 Å². The van der Waals surface area contributed by atoms with Crippen molar-refractivity contribution in [3.8, 4) is 0 Å². The smallest absolute Gasteiger partial charge is 0.293 e. The number of benzene rings is 2. The van der Waals surface area contributed by atoms with E-state index in [4.69, 9.17) is 0 Å². The molecule has 0 aromatic heterocycles. The minimum atomic E-state index is -3.54. The van der Waals surface area contributed by atoms with Gasteiger partial charge in [0.15, 0.2) is 9.84 Å². The molecule has 0 spiro atoms. The molecule has 156 valence electrons. The Morgan fingerprint density at radius 1 is 1.14 bits per heavy atom. The van der Waals surface area contributed by atoms with Crippen molar-refractivity contribution in [3.05, 3.63) is 64.2 Å². The second-order valence-electron chi connectivity index (χ2n) is 6.68. The summed E-state index contributed by atoms with van der Waals surface area (Å²) in [6.45, 7) is 2.55. The number of amides is 1. The Hall–Kier alpha value is -2.94. The van der Waals surface area contributed by atoms with Crippen LogP contribution in [0.5, 0.6) is 0 Å². The number of nitro groups is 1. The number of sulfone groups is 1. The Kier molecular flexibility index (Phi) is 7.72. The van der Waals surface area contributed by atoms with Gasteiger partial charge in [-0.05, 0) is 24.1 Å². The van der Waals surface area contributed by atoms with Crippen molar-refractivity contribution in [1.82, 2.24) is 5.32 Å². The lowest BCUT2D eigenvalue weighted by molar-refractivity contribution is -0.384. The normalized spacial score (nSPS) is 12.2. The fourth-order valence-electron chi connectivity index (χ4n) is 2.97. The lowest BCUT2D eigenvalue weighted by Gasteiger charge is -2.17. The van der Waals surface area contributed by atoms with E-state index in [2.05, 4.69) is 10.6 Å². The fraction of sp³-hybridized carbons (Fsp3) is 0.350. The van der Waals surface area contributed by atoms with E-state index >= 15 is 0 Å². The predicted octanol–water partition coefficient (Wildman–Crippen LogP) is 3.11. The summed E-state index contributed by atoms with van der Waals surface area (Å²) < 4.78 is 23.2. The van der Waals surface area contributed by atoms with Gasteiger partial charge in [-0.2, -0.15) is 0 Å². The van der Waals surface area contributed by atoms with Crippen molar-refractivity contribution < 1.29 is 18.1 Å². The maximum absolute atomic E-state index is 12.6. The second kappa shape index (κ2) is 10.0. The van der Waals surface area contributed by atoms with E-state index < -0.39 is 14.8 Å². The summed E-state index contributed by atoms with van der Waals surface area (Å²) >= 11 is 0. The molecule has 0 aliphatic rings. The summed E-state index contributed by atoms with van der Waals surface area (Å²) in [5.41, 5.74) is 0.823. The zero-order valence-electron chi connectivity index (χ0n) is 16.4. The molecule has 0 fully saturated rings. The first kappa shape index (κ1) is 22.4. The van der Waals surface area contributed by atoms with Crippen molar-refractivity contribution in [2.24, 2.45) is 0 Å². The van der Waals surface area contributed by atoms with Gasteiger partial charge in [-0.1, -0.05) is 43.7 Å². The molecule has 8 nitrogen and oxygen atoms in total. The van der Waals surface area contributed by atoms with Crippen LogP contribution in [0.25, 0.3) is 0 Å². The maximum atomic E-state index is 12.6. The highest BCUT2D eigenvalue weighted by Crippen LogP contribution is 2.27. The first-order valence-electron chi connectivity index (χ1n) is 9.29. The molecule has 0 aliphatic heterocycles. The van der Waals surface area contributed by atoms with E-state index in [1.807, 2.05) is 37.3 Å². The van der Waals surface area contributed by atoms with Crippen LogP contribution in [-0.2, 0) is 14.6 Å². The van der Waals surface area contributed by atoms with Gasteiger partial charge < -0.3 is 10.6 Å². The summed E-state index contributed by atoms with van der Waals surface area (Å²) in [5.74, 6) is -0.341. The van der Waals surface area contributed by atoms with Crippen molar-refractivity contribution in [2.45, 2.75) is 30.6 Å². The van der Waals surface area contributed by atoms with Crippen LogP contribution in [0.15, 0.2) is 53.4 Å². The number of nitro benzene ring substituents is 1. The third-order valence-electron chi connectivity index (χ3n) is 4.43. The van der Waals surface area contributed by atoms with Crippen molar-refractivity contribution in [1.29, 1.82) is 0 Å². The molecule has 1 atom stereocenters. The molecule has 0 radical (unpaired) electrons. The Labute approximate surface area is 170 Å². The van der Waals surface area contributed by atoms with Crippen LogP contribution >= 0.6 is 0 Å². The van der Waals surface area contributed by atoms with Crippen molar-refractivity contribution in [2.75, 3.05) is 24.7 Å². The van der Waals surface area contributed by atoms with E-state index in [0.29, 0.717) is 0 Å². The van der Waals surface area contributed by atoms with Gasteiger partial charge in [-0.25, -0.2) is 8.42 Å². The predicted molar refractivity (Wildman–Crippen MR) is 112 cm³/mol. The molecule has 2 N–H and O–H groups in total. The van der Waals surface area contributed by atoms with Crippen LogP contribution in [0.2, 0.25) is 0 Å². The van der Waals surface area contributed by atoms with Crippen LogP contribution in [0, 0.1) is 10.1 Å². The molecule has 2 rings (SSSR count). The highest BCUT2D eigenvalue weighted by molar-refractivity contribution is 7.90. The van der Waals surface area contributed by atoms with E-state index in [9.17, 15) is 23.3 Å². The number of anilines is 1. The largest absolute Gasteiger partial charge is 0.378 e. The van der Waals surface area contributed by atoms with Crippen molar-refractivity contribution >= 4 is 27.1 Å². The first-order chi connectivity index (χ1) is 13.7. The zero-order valence-corrected chi connectivity index (χ0v) is 17.2. The zero-order chi connectivity index (χ0) is 21.4. The third-order valence-corrected chi connectivity index (χ3v) is 5.54. The summed E-state index contributed by atoms with van der Waals surface area (Å²) in [6.07, 6.45) is 2.58. The van der Waals surface area contributed by atoms with Gasteiger partial charge in [0.25, 0.3) is 5.69 Å². The molecule has 0 bridgehead atoms. The second-order valence-corrected chi connectivity index (χ2v) is 8.69. The minimum absolute atomic E-state index is 0.0956. The maximum Gasteiger partial charge on any atom is 0.293 e. The van der Waals surface area contributed by atoms with Crippen LogP contribution in [0.1, 0.15) is 31.2 Å². The van der Waals surface area contributed by atoms with E-state index in [1.165, 1.54) is 12.1 Å². The number of hydrogen-bond donors (Lipinski definition) is 2. The third kappa shape index (κ3) is 6.28. The molecule has 1 amide bonds. The molecule has 1 unspecified atom stereocenters. The molecule has 0 aliphatic carbocycles. The lowest BCUT2D eigenvalue weighted by atomic mass is 9.94. The molecule has 0 saturated heterocycles. The van der Waals surface area contributed by atoms with Gasteiger partial charge in [0.1, 0.15) is 5.69 Å². The van der Waals surface area contributed by atoms with Gasteiger partial charge in [-0.3, -0.25) is 14.9 Å². The molecule has 0 saturated carbocycles. The van der Waals surface area contributed by atoms with Gasteiger partial charge in [0.05, 0.1) is 15.7 Å². The number of nitrogens with zero attached hydrogens (tertiary/aromatic N) is 1. The Balaban J connectivity index is 1.99. The highest BCUT2D eigenvalue weighted by Gasteiger charge is 2.20. The average molecular weight is 420 g/mol. The summed E-state index contributed by atoms with van der Waals surface area (Å²) in [4.78, 5) is 23.1. The van der Waals surface area contributed by atoms with Crippen LogP contribution in [0.4, 0.5) is 11.4 Å². The van der Waals surface area contributed by atoms with Gasteiger partial charge in [0, 0.05) is 25.4 Å². The number of carbonyl (C=O) groups excluding carboxylic acids is 1. The van der Waals surface area contributed by atoms with Crippen LogP contribution in [0.3, 0.4) is 0 Å². The quantitative estimate of drug-likeness (QED) is 0.347. The molecule has 9 heteroatoms. The highest BCUT2D eigenvalue weighted by atomic mass is 32.2. The molecular formula is C20H25N3O5S. The van der Waals surface area contributed by atoms with Gasteiger partial charge in [-0.15, -0.1) is 0 Å². The van der Waals surface area contributed by atoms with E-state index in [-0.39, 0.29) is 41.2 Å². The molecule has 0 heterocycles. The van der Waals surface area contributed by atoms with E-state index in [1.54, 1.807) is 0 Å². The molecule has 2 aromatic rings. The Morgan fingerprint density at radius 3 is 2.41 bits per heavy atom. The Morgan fingerprint density at radius 2 is 1.83 bits per heavy atom. The molecule has 29 heavy (non-hydrogen) atoms. The summed E-state index contributed by atoms with van der Waals surface area (Å²) in [5, 5.41) is 17.0. The van der Waals surface area contributed by atoms with Gasteiger partial charge >= 0.3 is 0 Å². The van der Waals surface area contributed by atoms with Gasteiger partial charge in [0.2, 0.25) is 5.91 Å². The number of hydrogen-bond acceptors (Lipinski definition) is 6. The summed E-state index contributed by atoms with van der Waals surface area (Å²) in [7, 11) is -3.54. The van der Waals surface area contributed by atoms with Crippen LogP contribution < -0.4 is 10.6 Å². The number of carbonyl (C=O) groups is 1.